The summed E-state index contributed by atoms with van der Waals surface area (Å²) in [5.41, 5.74) is 2.68. The summed E-state index contributed by atoms with van der Waals surface area (Å²) in [5, 5.41) is 14.5. The number of benzene rings is 2. The highest BCUT2D eigenvalue weighted by Gasteiger charge is 2.17. The quantitative estimate of drug-likeness (QED) is 0.591. The number of carbonyl (C=O) groups is 1. The maximum absolute atomic E-state index is 12.9. The van der Waals surface area contributed by atoms with E-state index in [4.69, 9.17) is 0 Å². The summed E-state index contributed by atoms with van der Waals surface area (Å²) < 4.78 is 13.6. The minimum absolute atomic E-state index is 0.176. The van der Waals surface area contributed by atoms with Gasteiger partial charge in [-0.2, -0.15) is 0 Å². The maximum Gasteiger partial charge on any atom is 0.237 e. The smallest absolute Gasteiger partial charge is 0.237 e. The van der Waals surface area contributed by atoms with Crippen molar-refractivity contribution in [3.8, 4) is 0 Å². The van der Waals surface area contributed by atoms with E-state index >= 15 is 0 Å². The zero-order valence-corrected chi connectivity index (χ0v) is 15.8. The number of amides is 1. The van der Waals surface area contributed by atoms with Crippen LogP contribution in [0.15, 0.2) is 52.9 Å². The lowest BCUT2D eigenvalue weighted by Crippen LogP contribution is -2.22. The van der Waals surface area contributed by atoms with Crippen LogP contribution in [0.5, 0.6) is 0 Å². The van der Waals surface area contributed by atoms with Crippen molar-refractivity contribution in [3.05, 3.63) is 59.9 Å². The minimum Gasteiger partial charge on any atom is -0.330 e. The van der Waals surface area contributed by atoms with Crippen LogP contribution in [0, 0.1) is 12.7 Å². The van der Waals surface area contributed by atoms with Crippen molar-refractivity contribution in [1.29, 1.82) is 0 Å². The Bertz CT molecular complexity index is 881. The van der Waals surface area contributed by atoms with Gasteiger partial charge in [0.15, 0.2) is 4.34 Å². The third-order valence-electron chi connectivity index (χ3n) is 3.47. The molecule has 1 heterocycles. The second-order valence-electron chi connectivity index (χ2n) is 5.62. The van der Waals surface area contributed by atoms with Gasteiger partial charge in [-0.3, -0.25) is 4.79 Å². The van der Waals surface area contributed by atoms with Crippen molar-refractivity contribution in [2.24, 2.45) is 0 Å². The molecule has 3 rings (SSSR count). The Labute approximate surface area is 159 Å². The average molecular weight is 388 g/mol. The van der Waals surface area contributed by atoms with Crippen LogP contribution in [0.2, 0.25) is 0 Å². The number of rotatable bonds is 6. The van der Waals surface area contributed by atoms with Crippen LogP contribution < -0.4 is 10.6 Å². The molecular formula is C18H17FN4OS2. The summed E-state index contributed by atoms with van der Waals surface area (Å²) in [5.74, 6) is -0.516. The monoisotopic (exact) mass is 388 g/mol. The molecule has 1 aromatic heterocycles. The number of nitrogens with zero attached hydrogens (tertiary/aromatic N) is 2. The van der Waals surface area contributed by atoms with E-state index in [1.54, 1.807) is 6.92 Å². The number of aryl methyl sites for hydroxylation is 1. The van der Waals surface area contributed by atoms with Gasteiger partial charge >= 0.3 is 0 Å². The molecular weight excluding hydrogens is 371 g/mol. The molecule has 5 nitrogen and oxygen atoms in total. The fourth-order valence-corrected chi connectivity index (χ4v) is 3.97. The highest BCUT2D eigenvalue weighted by atomic mass is 32.2. The van der Waals surface area contributed by atoms with Gasteiger partial charge in [-0.1, -0.05) is 40.8 Å². The van der Waals surface area contributed by atoms with Gasteiger partial charge in [0.25, 0.3) is 0 Å². The Balaban J connectivity index is 1.56. The number of aromatic nitrogens is 2. The van der Waals surface area contributed by atoms with Crippen LogP contribution in [-0.2, 0) is 4.79 Å². The fraction of sp³-hybridized carbons (Fsp3) is 0.167. The molecule has 0 bridgehead atoms. The van der Waals surface area contributed by atoms with Gasteiger partial charge < -0.3 is 10.6 Å². The first kappa shape index (κ1) is 18.3. The number of thioether (sulfide) groups is 1. The largest absolute Gasteiger partial charge is 0.330 e. The van der Waals surface area contributed by atoms with E-state index < -0.39 is 0 Å². The molecule has 0 fully saturated rings. The van der Waals surface area contributed by atoms with Crippen molar-refractivity contribution >= 4 is 45.5 Å². The molecule has 2 N–H and O–H groups in total. The highest BCUT2D eigenvalue weighted by Crippen LogP contribution is 2.30. The third kappa shape index (κ3) is 5.03. The summed E-state index contributed by atoms with van der Waals surface area (Å²) in [6, 6.07) is 13.6. The second-order valence-corrected chi connectivity index (χ2v) is 8.19. The molecule has 0 saturated heterocycles. The Kier molecular flexibility index (Phi) is 5.85. The van der Waals surface area contributed by atoms with E-state index in [0.29, 0.717) is 15.2 Å². The molecule has 8 heteroatoms. The molecule has 1 atom stereocenters. The summed E-state index contributed by atoms with van der Waals surface area (Å²) >= 11 is 2.71. The van der Waals surface area contributed by atoms with Crippen LogP contribution in [0.25, 0.3) is 0 Å². The summed E-state index contributed by atoms with van der Waals surface area (Å²) in [4.78, 5) is 12.2. The van der Waals surface area contributed by atoms with E-state index in [0.717, 1.165) is 5.69 Å². The van der Waals surface area contributed by atoms with Crippen LogP contribution in [0.3, 0.4) is 0 Å². The van der Waals surface area contributed by atoms with Gasteiger partial charge in [0.1, 0.15) is 5.82 Å². The lowest BCUT2D eigenvalue weighted by atomic mass is 10.2. The molecule has 2 aromatic carbocycles. The number of carbonyl (C=O) groups excluding carboxylic acids is 1. The molecule has 0 aliphatic rings. The maximum atomic E-state index is 12.9. The average Bonchev–Trinajstić information content (AvgIpc) is 3.06. The van der Waals surface area contributed by atoms with E-state index in [-0.39, 0.29) is 17.0 Å². The van der Waals surface area contributed by atoms with Gasteiger partial charge in [0, 0.05) is 11.4 Å². The Hall–Kier alpha value is -2.45. The van der Waals surface area contributed by atoms with Crippen molar-refractivity contribution in [1.82, 2.24) is 10.2 Å². The number of hydrogen-bond donors (Lipinski definition) is 2. The first-order chi connectivity index (χ1) is 12.5. The Morgan fingerprint density at radius 2 is 1.73 bits per heavy atom. The molecule has 0 saturated carbocycles. The molecule has 26 heavy (non-hydrogen) atoms. The predicted molar refractivity (Wildman–Crippen MR) is 105 cm³/mol. The minimum atomic E-state index is -0.361. The fourth-order valence-electron chi connectivity index (χ4n) is 2.05. The number of halogens is 1. The van der Waals surface area contributed by atoms with E-state index in [1.165, 1.54) is 52.9 Å². The Morgan fingerprint density at radius 3 is 2.42 bits per heavy atom. The molecule has 3 aromatic rings. The SMILES string of the molecule is Cc1ccc(Nc2nnc(S[C@H](C)C(=O)Nc3ccc(F)cc3)s2)cc1. The zero-order valence-electron chi connectivity index (χ0n) is 14.2. The zero-order chi connectivity index (χ0) is 18.5. The van der Waals surface area contributed by atoms with E-state index in [2.05, 4.69) is 20.8 Å². The molecule has 0 radical (unpaired) electrons. The molecule has 0 spiro atoms. The van der Waals surface area contributed by atoms with Crippen molar-refractivity contribution in [2.75, 3.05) is 10.6 Å². The van der Waals surface area contributed by atoms with Gasteiger partial charge in [-0.15, -0.1) is 10.2 Å². The summed E-state index contributed by atoms with van der Waals surface area (Å²) in [6.45, 7) is 3.82. The van der Waals surface area contributed by atoms with Crippen LogP contribution in [0.4, 0.5) is 20.9 Å². The topological polar surface area (TPSA) is 66.9 Å². The van der Waals surface area contributed by atoms with E-state index in [1.807, 2.05) is 31.2 Å². The van der Waals surface area contributed by atoms with Crippen molar-refractivity contribution in [2.45, 2.75) is 23.4 Å². The van der Waals surface area contributed by atoms with E-state index in [9.17, 15) is 9.18 Å². The molecule has 0 unspecified atom stereocenters. The van der Waals surface area contributed by atoms with Crippen molar-refractivity contribution < 1.29 is 9.18 Å². The normalized spacial score (nSPS) is 11.8. The van der Waals surface area contributed by atoms with Gasteiger partial charge in [0.05, 0.1) is 5.25 Å². The highest BCUT2D eigenvalue weighted by molar-refractivity contribution is 8.02. The first-order valence-electron chi connectivity index (χ1n) is 7.90. The third-order valence-corrected chi connectivity index (χ3v) is 5.49. The summed E-state index contributed by atoms with van der Waals surface area (Å²) in [6.07, 6.45) is 0. The predicted octanol–water partition coefficient (Wildman–Crippen LogP) is 4.85. The van der Waals surface area contributed by atoms with Gasteiger partial charge in [0.2, 0.25) is 11.0 Å². The standard InChI is InChI=1S/C18H17FN4OS2/c1-11-3-7-15(8-4-11)21-17-22-23-18(26-17)25-12(2)16(24)20-14-9-5-13(19)6-10-14/h3-10,12H,1-2H3,(H,20,24)(H,21,22)/t12-/m1/s1. The number of anilines is 3. The lowest BCUT2D eigenvalue weighted by Gasteiger charge is -2.10. The number of nitrogens with one attached hydrogen (secondary N) is 2. The number of hydrogen-bond acceptors (Lipinski definition) is 6. The van der Waals surface area contributed by atoms with Crippen LogP contribution in [-0.4, -0.2) is 21.4 Å². The Morgan fingerprint density at radius 1 is 1.08 bits per heavy atom. The molecule has 134 valence electrons. The lowest BCUT2D eigenvalue weighted by molar-refractivity contribution is -0.115. The van der Waals surface area contributed by atoms with Crippen LogP contribution >= 0.6 is 23.1 Å². The first-order valence-corrected chi connectivity index (χ1v) is 9.59. The van der Waals surface area contributed by atoms with Gasteiger partial charge in [-0.25, -0.2) is 4.39 Å². The molecule has 0 aliphatic heterocycles. The van der Waals surface area contributed by atoms with Crippen LogP contribution in [0.1, 0.15) is 12.5 Å². The summed E-state index contributed by atoms with van der Waals surface area (Å²) in [7, 11) is 0. The van der Waals surface area contributed by atoms with Crippen molar-refractivity contribution in [3.63, 3.8) is 0 Å². The van der Waals surface area contributed by atoms with Gasteiger partial charge in [-0.05, 0) is 50.2 Å². The molecule has 0 aliphatic carbocycles. The second kappa shape index (κ2) is 8.29. The molecule has 1 amide bonds.